The van der Waals surface area contributed by atoms with E-state index in [1.54, 1.807) is 0 Å². The van der Waals surface area contributed by atoms with Crippen molar-refractivity contribution < 1.29 is 0 Å². The van der Waals surface area contributed by atoms with Crippen molar-refractivity contribution in [3.05, 3.63) is 42.4 Å². The van der Waals surface area contributed by atoms with E-state index in [2.05, 4.69) is 65.3 Å². The van der Waals surface area contributed by atoms with Gasteiger partial charge in [-0.15, -0.1) is 0 Å². The summed E-state index contributed by atoms with van der Waals surface area (Å²) in [5.74, 6) is 1.71. The summed E-state index contributed by atoms with van der Waals surface area (Å²) in [6.07, 6.45) is 4.18. The Labute approximate surface area is 169 Å². The predicted molar refractivity (Wildman–Crippen MR) is 118 cm³/mol. The van der Waals surface area contributed by atoms with Gasteiger partial charge < -0.3 is 20.5 Å². The Kier molecular flexibility index (Phi) is 9.55. The number of hydrogen-bond donors (Lipinski definition) is 3. The molecule has 0 aliphatic heterocycles. The summed E-state index contributed by atoms with van der Waals surface area (Å²) in [6, 6.07) is 10.6. The molecule has 1 atom stereocenters. The molecule has 0 aliphatic carbocycles. The van der Waals surface area contributed by atoms with Gasteiger partial charge in [-0.1, -0.05) is 44.2 Å². The van der Waals surface area contributed by atoms with Gasteiger partial charge in [0.2, 0.25) is 0 Å². The highest BCUT2D eigenvalue weighted by Gasteiger charge is 2.07. The lowest BCUT2D eigenvalue weighted by Crippen LogP contribution is -2.42. The Balaban J connectivity index is 1.87. The van der Waals surface area contributed by atoms with Crippen molar-refractivity contribution in [2.45, 2.75) is 53.1 Å². The lowest BCUT2D eigenvalue weighted by atomic mass is 10.2. The van der Waals surface area contributed by atoms with Gasteiger partial charge >= 0.3 is 0 Å². The number of nitrogens with one attached hydrogen (secondary N) is 3. The number of imidazole rings is 1. The minimum absolute atomic E-state index is 0.379. The molecule has 1 heterocycles. The number of hydrogen-bond acceptors (Lipinski definition) is 3. The van der Waals surface area contributed by atoms with E-state index in [0.717, 1.165) is 55.6 Å². The number of nitrogens with zero attached hydrogens (tertiary/aromatic N) is 3. The second-order valence-corrected chi connectivity index (χ2v) is 7.02. The molecule has 0 aliphatic rings. The monoisotopic (exact) mass is 384 g/mol. The summed E-state index contributed by atoms with van der Waals surface area (Å²) in [7, 11) is 0. The van der Waals surface area contributed by atoms with Gasteiger partial charge in [-0.25, -0.2) is 9.98 Å². The number of guanidine groups is 1. The molecule has 0 saturated carbocycles. The van der Waals surface area contributed by atoms with E-state index >= 15 is 0 Å². The average molecular weight is 385 g/mol. The highest BCUT2D eigenvalue weighted by atomic mass is 15.2. The Morgan fingerprint density at radius 2 is 1.93 bits per heavy atom. The maximum atomic E-state index is 4.70. The second-order valence-electron chi connectivity index (χ2n) is 7.02. The summed E-state index contributed by atoms with van der Waals surface area (Å²) < 4.78 is 0. The first kappa shape index (κ1) is 22.0. The third kappa shape index (κ3) is 7.35. The second kappa shape index (κ2) is 12.2. The summed E-state index contributed by atoms with van der Waals surface area (Å²) in [4.78, 5) is 15.0. The molecular weight excluding hydrogens is 348 g/mol. The summed E-state index contributed by atoms with van der Waals surface area (Å²) in [5.41, 5.74) is 2.16. The highest BCUT2D eigenvalue weighted by Crippen LogP contribution is 2.16. The largest absolute Gasteiger partial charge is 0.357 e. The van der Waals surface area contributed by atoms with Gasteiger partial charge in [-0.3, -0.25) is 0 Å². The SMILES string of the molecule is CCNC(=NCc1ncc(-c2ccccc2)[nH]1)NC(C)CCCN(CC)CC. The van der Waals surface area contributed by atoms with Gasteiger partial charge in [0, 0.05) is 12.6 Å². The highest BCUT2D eigenvalue weighted by molar-refractivity contribution is 5.80. The zero-order valence-electron chi connectivity index (χ0n) is 17.8. The molecule has 0 fully saturated rings. The number of aromatic nitrogens is 2. The fourth-order valence-corrected chi connectivity index (χ4v) is 3.15. The molecule has 154 valence electrons. The Morgan fingerprint density at radius 1 is 1.18 bits per heavy atom. The smallest absolute Gasteiger partial charge is 0.191 e. The van der Waals surface area contributed by atoms with Crippen molar-refractivity contribution in [3.63, 3.8) is 0 Å². The van der Waals surface area contributed by atoms with E-state index in [4.69, 9.17) is 4.99 Å². The van der Waals surface area contributed by atoms with E-state index < -0.39 is 0 Å². The molecule has 1 aromatic heterocycles. The standard InChI is InChI=1S/C22H36N6/c1-5-23-22(26-18(4)12-11-15-28(6-2)7-3)25-17-21-24-16-20(27-21)19-13-9-8-10-14-19/h8-10,13-14,16,18H,5-7,11-12,15,17H2,1-4H3,(H,24,27)(H2,23,25,26). The number of rotatable bonds is 11. The van der Waals surface area contributed by atoms with E-state index in [-0.39, 0.29) is 0 Å². The van der Waals surface area contributed by atoms with Crippen molar-refractivity contribution in [2.24, 2.45) is 4.99 Å². The molecule has 6 nitrogen and oxygen atoms in total. The molecule has 0 amide bonds. The Morgan fingerprint density at radius 3 is 2.61 bits per heavy atom. The van der Waals surface area contributed by atoms with Crippen molar-refractivity contribution in [2.75, 3.05) is 26.2 Å². The molecule has 0 saturated heterocycles. The molecule has 0 spiro atoms. The quantitative estimate of drug-likeness (QED) is 0.409. The number of aliphatic imine (C=N–C) groups is 1. The number of benzene rings is 1. The molecule has 3 N–H and O–H groups in total. The van der Waals surface area contributed by atoms with Crippen LogP contribution in [-0.4, -0.2) is 53.0 Å². The third-order valence-corrected chi connectivity index (χ3v) is 4.83. The molecule has 1 unspecified atom stereocenters. The molecule has 1 aromatic carbocycles. The van der Waals surface area contributed by atoms with Crippen molar-refractivity contribution in [3.8, 4) is 11.3 Å². The van der Waals surface area contributed by atoms with E-state index in [0.29, 0.717) is 12.6 Å². The van der Waals surface area contributed by atoms with Gasteiger partial charge in [0.05, 0.1) is 11.9 Å². The van der Waals surface area contributed by atoms with Crippen LogP contribution in [0.2, 0.25) is 0 Å². The topological polar surface area (TPSA) is 68.3 Å². The normalized spacial score (nSPS) is 13.0. The third-order valence-electron chi connectivity index (χ3n) is 4.83. The van der Waals surface area contributed by atoms with Crippen molar-refractivity contribution in [1.29, 1.82) is 0 Å². The molecule has 2 rings (SSSR count). The van der Waals surface area contributed by atoms with E-state index in [1.165, 1.54) is 6.42 Å². The molecule has 0 radical (unpaired) electrons. The summed E-state index contributed by atoms with van der Waals surface area (Å²) in [5, 5.41) is 6.85. The minimum atomic E-state index is 0.379. The number of H-pyrrole nitrogens is 1. The van der Waals surface area contributed by atoms with Crippen molar-refractivity contribution >= 4 is 5.96 Å². The van der Waals surface area contributed by atoms with Gasteiger partial charge in [0.1, 0.15) is 12.4 Å². The van der Waals surface area contributed by atoms with Crippen LogP contribution >= 0.6 is 0 Å². The lowest BCUT2D eigenvalue weighted by Gasteiger charge is -2.21. The first-order chi connectivity index (χ1) is 13.7. The summed E-state index contributed by atoms with van der Waals surface area (Å²) >= 11 is 0. The van der Waals surface area contributed by atoms with Crippen LogP contribution in [-0.2, 0) is 6.54 Å². The van der Waals surface area contributed by atoms with E-state index in [1.807, 2.05) is 24.4 Å². The predicted octanol–water partition coefficient (Wildman–Crippen LogP) is 3.64. The summed E-state index contributed by atoms with van der Waals surface area (Å²) in [6.45, 7) is 13.5. The van der Waals surface area contributed by atoms with Crippen LogP contribution in [0.25, 0.3) is 11.3 Å². The molecule has 0 bridgehead atoms. The lowest BCUT2D eigenvalue weighted by molar-refractivity contribution is 0.292. The van der Waals surface area contributed by atoms with Crippen LogP contribution < -0.4 is 10.6 Å². The minimum Gasteiger partial charge on any atom is -0.357 e. The van der Waals surface area contributed by atoms with Crippen LogP contribution in [0.3, 0.4) is 0 Å². The number of aromatic amines is 1. The van der Waals surface area contributed by atoms with Crippen LogP contribution in [0.1, 0.15) is 46.4 Å². The van der Waals surface area contributed by atoms with Gasteiger partial charge in [0.25, 0.3) is 0 Å². The van der Waals surface area contributed by atoms with Gasteiger partial charge in [-0.2, -0.15) is 0 Å². The zero-order chi connectivity index (χ0) is 20.2. The van der Waals surface area contributed by atoms with Crippen LogP contribution in [0.4, 0.5) is 0 Å². The van der Waals surface area contributed by atoms with Crippen LogP contribution in [0.15, 0.2) is 41.5 Å². The fourth-order valence-electron chi connectivity index (χ4n) is 3.15. The zero-order valence-corrected chi connectivity index (χ0v) is 17.8. The molecule has 6 heteroatoms. The maximum Gasteiger partial charge on any atom is 0.191 e. The van der Waals surface area contributed by atoms with Gasteiger partial charge in [0.15, 0.2) is 5.96 Å². The van der Waals surface area contributed by atoms with Crippen molar-refractivity contribution in [1.82, 2.24) is 25.5 Å². The maximum absolute atomic E-state index is 4.70. The molecule has 28 heavy (non-hydrogen) atoms. The molecule has 2 aromatic rings. The first-order valence-electron chi connectivity index (χ1n) is 10.5. The Bertz CT molecular complexity index is 690. The van der Waals surface area contributed by atoms with Crippen LogP contribution in [0, 0.1) is 0 Å². The average Bonchev–Trinajstić information content (AvgIpc) is 3.19. The fraction of sp³-hybridized carbons (Fsp3) is 0.545. The van der Waals surface area contributed by atoms with Crippen LogP contribution in [0.5, 0.6) is 0 Å². The Hall–Kier alpha value is -2.34. The molecular formula is C22H36N6. The van der Waals surface area contributed by atoms with Gasteiger partial charge in [-0.05, 0) is 51.9 Å². The first-order valence-corrected chi connectivity index (χ1v) is 10.5. The van der Waals surface area contributed by atoms with E-state index in [9.17, 15) is 0 Å².